The Morgan fingerprint density at radius 1 is 0.725 bits per heavy atom. The normalized spacial score (nSPS) is 11.4. The summed E-state index contributed by atoms with van der Waals surface area (Å²) in [6, 6.07) is 31.1. The zero-order valence-corrected chi connectivity index (χ0v) is 22.8. The SMILES string of the molecule is Cc1cccc(/C=C(\NC(=O)c2ccccc2)C(=O)Nc2ccc(C(=O)/C=C/c3ccc(C(C)C)cc3)cc2)c1. The topological polar surface area (TPSA) is 75.3 Å². The molecule has 0 aliphatic rings. The summed E-state index contributed by atoms with van der Waals surface area (Å²) in [4.78, 5) is 38.8. The van der Waals surface area contributed by atoms with Crippen molar-refractivity contribution in [3.8, 4) is 0 Å². The van der Waals surface area contributed by atoms with Crippen LogP contribution in [0.2, 0.25) is 0 Å². The number of benzene rings is 4. The average molecular weight is 529 g/mol. The number of hydrogen-bond donors (Lipinski definition) is 2. The van der Waals surface area contributed by atoms with Gasteiger partial charge in [-0.3, -0.25) is 14.4 Å². The first kappa shape index (κ1) is 28.0. The van der Waals surface area contributed by atoms with Crippen LogP contribution < -0.4 is 10.6 Å². The van der Waals surface area contributed by atoms with Crippen LogP contribution in [0.4, 0.5) is 5.69 Å². The molecule has 5 heteroatoms. The second-order valence-corrected chi connectivity index (χ2v) is 9.84. The molecule has 2 amide bonds. The van der Waals surface area contributed by atoms with Gasteiger partial charge in [-0.2, -0.15) is 0 Å². The van der Waals surface area contributed by atoms with Crippen LogP contribution in [-0.4, -0.2) is 17.6 Å². The van der Waals surface area contributed by atoms with E-state index in [-0.39, 0.29) is 17.4 Å². The highest BCUT2D eigenvalue weighted by Gasteiger charge is 2.15. The number of aryl methyl sites for hydroxylation is 1. The van der Waals surface area contributed by atoms with E-state index in [0.717, 1.165) is 16.7 Å². The largest absolute Gasteiger partial charge is 0.321 e. The number of anilines is 1. The Morgan fingerprint density at radius 2 is 1.43 bits per heavy atom. The highest BCUT2D eigenvalue weighted by molar-refractivity contribution is 6.11. The molecule has 4 aromatic rings. The van der Waals surface area contributed by atoms with Crippen molar-refractivity contribution in [3.63, 3.8) is 0 Å². The smallest absolute Gasteiger partial charge is 0.272 e. The van der Waals surface area contributed by atoms with Gasteiger partial charge in [0.05, 0.1) is 0 Å². The second kappa shape index (κ2) is 13.2. The summed E-state index contributed by atoms with van der Waals surface area (Å²) in [6.07, 6.45) is 4.97. The molecule has 4 rings (SSSR count). The van der Waals surface area contributed by atoms with Gasteiger partial charge in [0.2, 0.25) is 0 Å². The summed E-state index contributed by atoms with van der Waals surface area (Å²) in [5, 5.41) is 5.56. The highest BCUT2D eigenvalue weighted by atomic mass is 16.2. The molecule has 0 radical (unpaired) electrons. The number of ketones is 1. The molecular formula is C35H32N2O3. The van der Waals surface area contributed by atoms with Gasteiger partial charge in [-0.25, -0.2) is 0 Å². The molecule has 5 nitrogen and oxygen atoms in total. The van der Waals surface area contributed by atoms with Crippen LogP contribution in [-0.2, 0) is 4.79 Å². The predicted molar refractivity (Wildman–Crippen MR) is 162 cm³/mol. The van der Waals surface area contributed by atoms with Crippen molar-refractivity contribution >= 4 is 35.4 Å². The number of carbonyl (C=O) groups is 3. The number of hydrogen-bond acceptors (Lipinski definition) is 3. The number of allylic oxidation sites excluding steroid dienone is 1. The van der Waals surface area contributed by atoms with Crippen LogP contribution in [0.15, 0.2) is 115 Å². The van der Waals surface area contributed by atoms with E-state index in [1.165, 1.54) is 5.56 Å². The quantitative estimate of drug-likeness (QED) is 0.175. The molecule has 0 aliphatic heterocycles. The van der Waals surface area contributed by atoms with E-state index in [0.29, 0.717) is 22.7 Å². The van der Waals surface area contributed by atoms with Gasteiger partial charge in [0.1, 0.15) is 5.70 Å². The Bertz CT molecular complexity index is 1550. The zero-order valence-electron chi connectivity index (χ0n) is 22.8. The minimum atomic E-state index is -0.477. The summed E-state index contributed by atoms with van der Waals surface area (Å²) in [5.41, 5.74) is 5.56. The maximum absolute atomic E-state index is 13.2. The number of rotatable bonds is 9. The van der Waals surface area contributed by atoms with Crippen LogP contribution in [0.3, 0.4) is 0 Å². The third-order valence-corrected chi connectivity index (χ3v) is 6.34. The first-order valence-corrected chi connectivity index (χ1v) is 13.2. The lowest BCUT2D eigenvalue weighted by Crippen LogP contribution is -2.30. The van der Waals surface area contributed by atoms with Crippen LogP contribution in [0.5, 0.6) is 0 Å². The number of amides is 2. The van der Waals surface area contributed by atoms with Crippen molar-refractivity contribution in [1.82, 2.24) is 5.32 Å². The predicted octanol–water partition coefficient (Wildman–Crippen LogP) is 7.42. The Kier molecular flexibility index (Phi) is 9.21. The van der Waals surface area contributed by atoms with Gasteiger partial charge < -0.3 is 10.6 Å². The molecule has 0 bridgehead atoms. The maximum atomic E-state index is 13.2. The van der Waals surface area contributed by atoms with Gasteiger partial charge in [-0.15, -0.1) is 0 Å². The standard InChI is InChI=1S/C35H32N2O3/c1-24(2)28-15-12-26(13-16-28)14-21-33(38)29-17-19-31(20-18-29)36-35(40)32(23-27-9-7-8-25(3)22-27)37-34(39)30-10-5-4-6-11-30/h4-24H,1-3H3,(H,36,40)(H,37,39)/b21-14+,32-23-. The van der Waals surface area contributed by atoms with Crippen molar-refractivity contribution in [2.24, 2.45) is 0 Å². The second-order valence-electron chi connectivity index (χ2n) is 9.84. The van der Waals surface area contributed by atoms with Crippen LogP contribution in [0, 0.1) is 6.92 Å². The van der Waals surface area contributed by atoms with Crippen molar-refractivity contribution < 1.29 is 14.4 Å². The fraction of sp³-hybridized carbons (Fsp3) is 0.114. The van der Waals surface area contributed by atoms with Crippen LogP contribution in [0.1, 0.15) is 62.7 Å². The maximum Gasteiger partial charge on any atom is 0.272 e. The third kappa shape index (κ3) is 7.74. The van der Waals surface area contributed by atoms with E-state index in [2.05, 4.69) is 36.6 Å². The Morgan fingerprint density at radius 3 is 2.08 bits per heavy atom. The van der Waals surface area contributed by atoms with Crippen molar-refractivity contribution in [3.05, 3.63) is 148 Å². The van der Waals surface area contributed by atoms with Gasteiger partial charge in [0.25, 0.3) is 11.8 Å². The average Bonchev–Trinajstić information content (AvgIpc) is 2.96. The molecular weight excluding hydrogens is 496 g/mol. The van der Waals surface area contributed by atoms with E-state index < -0.39 is 5.91 Å². The minimum absolute atomic E-state index is 0.103. The fourth-order valence-electron chi connectivity index (χ4n) is 4.05. The molecule has 0 aromatic heterocycles. The van der Waals surface area contributed by atoms with E-state index in [4.69, 9.17) is 0 Å². The fourth-order valence-corrected chi connectivity index (χ4v) is 4.05. The number of carbonyl (C=O) groups excluding carboxylic acids is 3. The Hall–Kier alpha value is -5.03. The lowest BCUT2D eigenvalue weighted by Gasteiger charge is -2.12. The zero-order chi connectivity index (χ0) is 28.5. The lowest BCUT2D eigenvalue weighted by atomic mass is 10.0. The highest BCUT2D eigenvalue weighted by Crippen LogP contribution is 2.17. The molecule has 200 valence electrons. The minimum Gasteiger partial charge on any atom is -0.321 e. The first-order chi connectivity index (χ1) is 19.3. The van der Waals surface area contributed by atoms with Crippen molar-refractivity contribution in [2.75, 3.05) is 5.32 Å². The van der Waals surface area contributed by atoms with Gasteiger partial charge in [-0.05, 0) is 78.1 Å². The lowest BCUT2D eigenvalue weighted by molar-refractivity contribution is -0.113. The monoisotopic (exact) mass is 528 g/mol. The molecule has 40 heavy (non-hydrogen) atoms. The van der Waals surface area contributed by atoms with Crippen molar-refractivity contribution in [1.29, 1.82) is 0 Å². The molecule has 0 saturated carbocycles. The van der Waals surface area contributed by atoms with E-state index in [1.54, 1.807) is 66.8 Å². The summed E-state index contributed by atoms with van der Waals surface area (Å²) < 4.78 is 0. The summed E-state index contributed by atoms with van der Waals surface area (Å²) in [6.45, 7) is 6.24. The van der Waals surface area contributed by atoms with Crippen LogP contribution in [0.25, 0.3) is 12.2 Å². The molecule has 2 N–H and O–H groups in total. The summed E-state index contributed by atoms with van der Waals surface area (Å²) in [7, 11) is 0. The Balaban J connectivity index is 1.47. The molecule has 0 heterocycles. The van der Waals surface area contributed by atoms with E-state index in [9.17, 15) is 14.4 Å². The summed E-state index contributed by atoms with van der Waals surface area (Å²) >= 11 is 0. The van der Waals surface area contributed by atoms with E-state index in [1.807, 2.05) is 49.4 Å². The Labute approximate surface area is 235 Å². The molecule has 0 atom stereocenters. The van der Waals surface area contributed by atoms with Crippen LogP contribution >= 0.6 is 0 Å². The van der Waals surface area contributed by atoms with Gasteiger partial charge in [0, 0.05) is 16.8 Å². The van der Waals surface area contributed by atoms with Gasteiger partial charge in [0.15, 0.2) is 5.78 Å². The molecule has 4 aromatic carbocycles. The molecule has 0 spiro atoms. The third-order valence-electron chi connectivity index (χ3n) is 6.34. The molecule has 0 aliphatic carbocycles. The van der Waals surface area contributed by atoms with Crippen molar-refractivity contribution in [2.45, 2.75) is 26.7 Å². The summed E-state index contributed by atoms with van der Waals surface area (Å²) in [5.74, 6) is -0.551. The van der Waals surface area contributed by atoms with E-state index >= 15 is 0 Å². The molecule has 0 saturated heterocycles. The first-order valence-electron chi connectivity index (χ1n) is 13.2. The molecule has 0 fully saturated rings. The number of nitrogens with one attached hydrogen (secondary N) is 2. The van der Waals surface area contributed by atoms with Gasteiger partial charge >= 0.3 is 0 Å². The van der Waals surface area contributed by atoms with Gasteiger partial charge in [-0.1, -0.05) is 92.2 Å². The molecule has 0 unspecified atom stereocenters.